The van der Waals surface area contributed by atoms with Crippen molar-refractivity contribution in [3.05, 3.63) is 29.6 Å². The molecule has 1 aliphatic rings. The largest absolute Gasteiger partial charge is 0.300 e. The molecule has 0 amide bonds. The van der Waals surface area contributed by atoms with E-state index >= 15 is 0 Å². The van der Waals surface area contributed by atoms with Gasteiger partial charge in [-0.05, 0) is 37.3 Å². The van der Waals surface area contributed by atoms with Crippen molar-refractivity contribution in [3.8, 4) is 0 Å². The van der Waals surface area contributed by atoms with E-state index in [9.17, 15) is 0 Å². The van der Waals surface area contributed by atoms with Gasteiger partial charge >= 0.3 is 0 Å². The van der Waals surface area contributed by atoms with E-state index in [1.54, 1.807) is 0 Å². The fourth-order valence-electron chi connectivity index (χ4n) is 1.39. The minimum Gasteiger partial charge on any atom is -0.300 e. The Balaban J connectivity index is 2.10. The topological polar surface area (TPSA) is 24.9 Å². The summed E-state index contributed by atoms with van der Waals surface area (Å²) in [5.41, 5.74) is 2.39. The lowest BCUT2D eigenvalue weighted by molar-refractivity contribution is 0.632. The van der Waals surface area contributed by atoms with E-state index in [4.69, 9.17) is 0 Å². The first-order valence-corrected chi connectivity index (χ1v) is 5.69. The van der Waals surface area contributed by atoms with Crippen molar-refractivity contribution in [3.63, 3.8) is 0 Å². The smallest absolute Gasteiger partial charge is 0.0962 e. The SMILES string of the molecule is Cc1ccc(C2NCCCS2)nc1. The monoisotopic (exact) mass is 194 g/mol. The number of nitrogens with one attached hydrogen (secondary N) is 1. The minimum absolute atomic E-state index is 0.411. The molecule has 2 heterocycles. The van der Waals surface area contributed by atoms with Crippen molar-refractivity contribution < 1.29 is 0 Å². The van der Waals surface area contributed by atoms with Gasteiger partial charge < -0.3 is 5.32 Å². The Labute approximate surface area is 83.1 Å². The molecule has 1 atom stereocenters. The lowest BCUT2D eigenvalue weighted by Gasteiger charge is -2.22. The summed E-state index contributed by atoms with van der Waals surface area (Å²) in [5, 5.41) is 3.87. The molecule has 0 spiro atoms. The number of nitrogens with zero attached hydrogens (tertiary/aromatic N) is 1. The number of hydrogen-bond donors (Lipinski definition) is 1. The van der Waals surface area contributed by atoms with Gasteiger partial charge in [-0.1, -0.05) is 6.07 Å². The molecular formula is C10H14N2S. The predicted octanol–water partition coefficient (Wildman–Crippen LogP) is 2.12. The average Bonchev–Trinajstić information content (AvgIpc) is 2.20. The Hall–Kier alpha value is -0.540. The van der Waals surface area contributed by atoms with E-state index in [0.717, 1.165) is 12.2 Å². The Morgan fingerprint density at radius 1 is 1.54 bits per heavy atom. The quantitative estimate of drug-likeness (QED) is 0.741. The summed E-state index contributed by atoms with van der Waals surface area (Å²) in [6, 6.07) is 4.24. The average molecular weight is 194 g/mol. The van der Waals surface area contributed by atoms with Gasteiger partial charge in [0.05, 0.1) is 11.1 Å². The van der Waals surface area contributed by atoms with Crippen molar-refractivity contribution in [2.75, 3.05) is 12.3 Å². The predicted molar refractivity (Wildman–Crippen MR) is 56.8 cm³/mol. The molecule has 13 heavy (non-hydrogen) atoms. The number of rotatable bonds is 1. The molecule has 2 nitrogen and oxygen atoms in total. The van der Waals surface area contributed by atoms with E-state index in [1.807, 2.05) is 18.0 Å². The first kappa shape index (κ1) is 9.03. The molecule has 2 rings (SSSR count). The van der Waals surface area contributed by atoms with Crippen LogP contribution in [0.3, 0.4) is 0 Å². The third-order valence-corrected chi connectivity index (χ3v) is 3.40. The van der Waals surface area contributed by atoms with Crippen LogP contribution in [0.15, 0.2) is 18.3 Å². The molecule has 0 bridgehead atoms. The highest BCUT2D eigenvalue weighted by atomic mass is 32.2. The van der Waals surface area contributed by atoms with Gasteiger partial charge in [-0.3, -0.25) is 4.98 Å². The summed E-state index contributed by atoms with van der Waals surface area (Å²) in [4.78, 5) is 4.42. The molecule has 0 aliphatic carbocycles. The van der Waals surface area contributed by atoms with Gasteiger partial charge in [0, 0.05) is 6.20 Å². The third kappa shape index (κ3) is 2.23. The van der Waals surface area contributed by atoms with Crippen LogP contribution in [0.5, 0.6) is 0 Å². The normalized spacial score (nSPS) is 23.0. The molecule has 70 valence electrons. The van der Waals surface area contributed by atoms with E-state index in [-0.39, 0.29) is 0 Å². The van der Waals surface area contributed by atoms with Gasteiger partial charge in [-0.25, -0.2) is 0 Å². The van der Waals surface area contributed by atoms with Crippen LogP contribution in [0.2, 0.25) is 0 Å². The maximum atomic E-state index is 4.42. The molecule has 0 aromatic carbocycles. The first-order chi connectivity index (χ1) is 6.36. The molecule has 1 fully saturated rings. The highest BCUT2D eigenvalue weighted by molar-refractivity contribution is 7.99. The van der Waals surface area contributed by atoms with Crippen molar-refractivity contribution in [1.29, 1.82) is 0 Å². The first-order valence-electron chi connectivity index (χ1n) is 4.64. The highest BCUT2D eigenvalue weighted by Crippen LogP contribution is 2.27. The molecule has 1 aromatic heterocycles. The van der Waals surface area contributed by atoms with Crippen LogP contribution in [0.4, 0.5) is 0 Å². The fraction of sp³-hybridized carbons (Fsp3) is 0.500. The van der Waals surface area contributed by atoms with E-state index in [0.29, 0.717) is 5.37 Å². The lowest BCUT2D eigenvalue weighted by Crippen LogP contribution is -2.25. The van der Waals surface area contributed by atoms with Gasteiger partial charge in [0.2, 0.25) is 0 Å². The van der Waals surface area contributed by atoms with Crippen molar-refractivity contribution in [2.45, 2.75) is 18.7 Å². The van der Waals surface area contributed by atoms with Crippen LogP contribution in [-0.2, 0) is 0 Å². The maximum absolute atomic E-state index is 4.42. The minimum atomic E-state index is 0.411. The van der Waals surface area contributed by atoms with E-state index in [2.05, 4.69) is 29.4 Å². The van der Waals surface area contributed by atoms with E-state index in [1.165, 1.54) is 17.7 Å². The molecule has 0 saturated carbocycles. The summed E-state index contributed by atoms with van der Waals surface area (Å²) >= 11 is 1.95. The Morgan fingerprint density at radius 2 is 2.46 bits per heavy atom. The summed E-state index contributed by atoms with van der Waals surface area (Å²) in [6.45, 7) is 3.19. The van der Waals surface area contributed by atoms with Crippen LogP contribution in [0.1, 0.15) is 23.1 Å². The zero-order valence-electron chi connectivity index (χ0n) is 7.79. The molecule has 1 aromatic rings. The molecule has 3 heteroatoms. The van der Waals surface area contributed by atoms with Gasteiger partial charge in [-0.15, -0.1) is 11.8 Å². The van der Waals surface area contributed by atoms with Crippen molar-refractivity contribution >= 4 is 11.8 Å². The second-order valence-corrected chi connectivity index (χ2v) is 4.53. The maximum Gasteiger partial charge on any atom is 0.0962 e. The van der Waals surface area contributed by atoms with Crippen LogP contribution in [-0.4, -0.2) is 17.3 Å². The van der Waals surface area contributed by atoms with Crippen LogP contribution < -0.4 is 5.32 Å². The zero-order valence-corrected chi connectivity index (χ0v) is 8.60. The number of aryl methyl sites for hydroxylation is 1. The Morgan fingerprint density at radius 3 is 3.08 bits per heavy atom. The van der Waals surface area contributed by atoms with Crippen LogP contribution in [0, 0.1) is 6.92 Å². The number of aromatic nitrogens is 1. The molecular weight excluding hydrogens is 180 g/mol. The third-order valence-electron chi connectivity index (χ3n) is 2.14. The lowest BCUT2D eigenvalue weighted by atomic mass is 10.2. The standard InChI is InChI=1S/C10H14N2S/c1-8-3-4-9(12-7-8)10-11-5-2-6-13-10/h3-4,7,10-11H,2,5-6H2,1H3. The van der Waals surface area contributed by atoms with Gasteiger partial charge in [0.1, 0.15) is 0 Å². The molecule has 0 radical (unpaired) electrons. The van der Waals surface area contributed by atoms with Gasteiger partial charge in [0.25, 0.3) is 0 Å². The molecule has 1 unspecified atom stereocenters. The molecule has 1 saturated heterocycles. The highest BCUT2D eigenvalue weighted by Gasteiger charge is 2.15. The summed E-state index contributed by atoms with van der Waals surface area (Å²) in [6.07, 6.45) is 3.21. The number of thioether (sulfide) groups is 1. The fourth-order valence-corrected chi connectivity index (χ4v) is 2.48. The summed E-state index contributed by atoms with van der Waals surface area (Å²) in [7, 11) is 0. The summed E-state index contributed by atoms with van der Waals surface area (Å²) < 4.78 is 0. The van der Waals surface area contributed by atoms with E-state index < -0.39 is 0 Å². The van der Waals surface area contributed by atoms with Crippen molar-refractivity contribution in [1.82, 2.24) is 10.3 Å². The molecule has 1 N–H and O–H groups in total. The second kappa shape index (κ2) is 4.11. The second-order valence-electron chi connectivity index (χ2n) is 3.32. The van der Waals surface area contributed by atoms with Gasteiger partial charge in [-0.2, -0.15) is 0 Å². The number of hydrogen-bond acceptors (Lipinski definition) is 3. The zero-order chi connectivity index (χ0) is 9.10. The Kier molecular flexibility index (Phi) is 2.86. The van der Waals surface area contributed by atoms with Crippen LogP contribution in [0.25, 0.3) is 0 Å². The molecule has 1 aliphatic heterocycles. The number of pyridine rings is 1. The van der Waals surface area contributed by atoms with Crippen molar-refractivity contribution in [2.24, 2.45) is 0 Å². The van der Waals surface area contributed by atoms with Gasteiger partial charge in [0.15, 0.2) is 0 Å². The van der Waals surface area contributed by atoms with Crippen LogP contribution >= 0.6 is 11.8 Å². The Bertz CT molecular complexity index is 265. The summed E-state index contributed by atoms with van der Waals surface area (Å²) in [5.74, 6) is 1.24.